The number of carbonyl (C=O) groups is 1. The molecular weight excluding hydrogens is 366 g/mol. The number of pyridine rings is 1. The number of nitrogens with one attached hydrogen (secondary N) is 2. The van der Waals surface area contributed by atoms with Gasteiger partial charge in [0.2, 0.25) is 5.95 Å². The van der Waals surface area contributed by atoms with Gasteiger partial charge in [-0.05, 0) is 43.9 Å². The number of aromatic nitrogens is 5. The third-order valence-electron chi connectivity index (χ3n) is 5.47. The molecule has 0 aromatic carbocycles. The minimum absolute atomic E-state index is 0.0643. The van der Waals surface area contributed by atoms with E-state index in [1.54, 1.807) is 10.7 Å². The number of likely N-dealkylation sites (tertiary alicyclic amines) is 1. The van der Waals surface area contributed by atoms with Gasteiger partial charge in [-0.1, -0.05) is 0 Å². The summed E-state index contributed by atoms with van der Waals surface area (Å²) in [4.78, 5) is 27.1. The number of carbonyl (C=O) groups excluding carboxylic acids is 1. The average Bonchev–Trinajstić information content (AvgIpc) is 3.37. The van der Waals surface area contributed by atoms with Gasteiger partial charge in [0.25, 0.3) is 5.91 Å². The second-order valence-corrected chi connectivity index (χ2v) is 7.34. The molecule has 0 radical (unpaired) electrons. The highest BCUT2D eigenvalue weighted by molar-refractivity contribution is 6.02. The predicted molar refractivity (Wildman–Crippen MR) is 112 cm³/mol. The Morgan fingerprint density at radius 1 is 1.24 bits per heavy atom. The van der Waals surface area contributed by atoms with Gasteiger partial charge in [-0.25, -0.2) is 9.50 Å². The first-order valence-electron chi connectivity index (χ1n) is 10.1. The largest absolute Gasteiger partial charge is 0.354 e. The number of aromatic amines is 1. The van der Waals surface area contributed by atoms with Crippen LogP contribution in [0.1, 0.15) is 36.5 Å². The smallest absolute Gasteiger partial charge is 0.257 e. The number of hydrogen-bond acceptors (Lipinski definition) is 5. The molecule has 0 unspecified atom stereocenters. The van der Waals surface area contributed by atoms with Crippen LogP contribution in [0.15, 0.2) is 36.9 Å². The van der Waals surface area contributed by atoms with Crippen molar-refractivity contribution < 1.29 is 4.79 Å². The van der Waals surface area contributed by atoms with Crippen LogP contribution < -0.4 is 5.32 Å². The quantitative estimate of drug-likeness (QED) is 0.559. The molecule has 8 nitrogen and oxygen atoms in total. The highest BCUT2D eigenvalue weighted by Gasteiger charge is 2.22. The van der Waals surface area contributed by atoms with Crippen LogP contribution in [0.4, 0.5) is 5.95 Å². The van der Waals surface area contributed by atoms with E-state index in [0.29, 0.717) is 11.5 Å². The second-order valence-electron chi connectivity index (χ2n) is 7.34. The van der Waals surface area contributed by atoms with Crippen molar-refractivity contribution in [3.63, 3.8) is 0 Å². The van der Waals surface area contributed by atoms with Gasteiger partial charge in [0, 0.05) is 49.2 Å². The zero-order valence-electron chi connectivity index (χ0n) is 16.4. The van der Waals surface area contributed by atoms with Crippen LogP contribution in [0.3, 0.4) is 0 Å². The van der Waals surface area contributed by atoms with Crippen molar-refractivity contribution in [2.24, 2.45) is 0 Å². The second kappa shape index (κ2) is 7.20. The molecule has 29 heavy (non-hydrogen) atoms. The lowest BCUT2D eigenvalue weighted by Crippen LogP contribution is -2.35. The molecule has 4 aromatic heterocycles. The van der Waals surface area contributed by atoms with E-state index in [-0.39, 0.29) is 5.91 Å². The van der Waals surface area contributed by atoms with Crippen LogP contribution in [0, 0.1) is 0 Å². The summed E-state index contributed by atoms with van der Waals surface area (Å²) >= 11 is 0. The third kappa shape index (κ3) is 3.10. The van der Waals surface area contributed by atoms with Crippen molar-refractivity contribution >= 4 is 28.4 Å². The number of amides is 1. The normalized spacial score (nSPS) is 14.6. The van der Waals surface area contributed by atoms with Gasteiger partial charge in [-0.2, -0.15) is 10.1 Å². The molecule has 1 aliphatic heterocycles. The fourth-order valence-corrected chi connectivity index (χ4v) is 3.97. The van der Waals surface area contributed by atoms with Crippen LogP contribution in [0.2, 0.25) is 0 Å². The third-order valence-corrected chi connectivity index (χ3v) is 5.47. The number of anilines is 1. The van der Waals surface area contributed by atoms with E-state index < -0.39 is 0 Å². The average molecular weight is 389 g/mol. The number of piperidine rings is 1. The Balaban J connectivity index is 1.54. The molecule has 4 aromatic rings. The number of rotatable bonds is 4. The van der Waals surface area contributed by atoms with Crippen molar-refractivity contribution in [3.8, 4) is 11.1 Å². The first-order valence-corrected chi connectivity index (χ1v) is 10.1. The lowest BCUT2D eigenvalue weighted by molar-refractivity contribution is 0.0726. The van der Waals surface area contributed by atoms with Gasteiger partial charge in [0.15, 0.2) is 0 Å². The lowest BCUT2D eigenvalue weighted by atomic mass is 10.1. The molecule has 1 aliphatic rings. The summed E-state index contributed by atoms with van der Waals surface area (Å²) in [5.41, 5.74) is 4.25. The molecular formula is C21H23N7O. The van der Waals surface area contributed by atoms with Crippen molar-refractivity contribution in [1.29, 1.82) is 0 Å². The van der Waals surface area contributed by atoms with Gasteiger partial charge in [0.05, 0.1) is 17.3 Å². The summed E-state index contributed by atoms with van der Waals surface area (Å²) in [6.07, 6.45) is 10.7. The molecule has 148 valence electrons. The summed E-state index contributed by atoms with van der Waals surface area (Å²) in [7, 11) is 0. The topological polar surface area (TPSA) is 91.2 Å². The van der Waals surface area contributed by atoms with Gasteiger partial charge >= 0.3 is 0 Å². The van der Waals surface area contributed by atoms with Gasteiger partial charge in [0.1, 0.15) is 5.65 Å². The Hall–Kier alpha value is -3.42. The molecule has 5 rings (SSSR count). The first-order chi connectivity index (χ1) is 14.2. The maximum absolute atomic E-state index is 13.0. The predicted octanol–water partition coefficient (Wildman–Crippen LogP) is 3.33. The first kappa shape index (κ1) is 17.7. The minimum atomic E-state index is 0.0643. The highest BCUT2D eigenvalue weighted by atomic mass is 16.2. The molecule has 0 aliphatic carbocycles. The Kier molecular flexibility index (Phi) is 4.38. The summed E-state index contributed by atoms with van der Waals surface area (Å²) in [6, 6.07) is 4.01. The number of hydrogen-bond donors (Lipinski definition) is 2. The van der Waals surface area contributed by atoms with E-state index in [0.717, 1.165) is 60.2 Å². The van der Waals surface area contributed by atoms with Gasteiger partial charge in [-0.3, -0.25) is 4.79 Å². The van der Waals surface area contributed by atoms with E-state index >= 15 is 0 Å². The van der Waals surface area contributed by atoms with E-state index in [2.05, 4.69) is 25.4 Å². The highest BCUT2D eigenvalue weighted by Crippen LogP contribution is 2.29. The molecule has 1 amide bonds. The Morgan fingerprint density at radius 3 is 2.93 bits per heavy atom. The number of H-pyrrole nitrogens is 1. The standard InChI is InChI=1S/C21H23N7O/c1-2-22-21-24-12-16-15(11-23-19(16)26-21)14-6-9-28-18(10-14)17(13-25-28)20(29)27-7-4-3-5-8-27/h6,9-13H,2-5,7-8H2,1H3,(H2,22,23,24,26). The SMILES string of the molecule is CCNc1ncc2c(-c3ccn4ncc(C(=O)N5CCCCC5)c4c3)c[nH]c2n1. The number of nitrogens with zero attached hydrogens (tertiary/aromatic N) is 5. The van der Waals surface area contributed by atoms with E-state index in [1.807, 2.05) is 42.5 Å². The molecule has 1 fully saturated rings. The maximum Gasteiger partial charge on any atom is 0.257 e. The van der Waals surface area contributed by atoms with E-state index in [1.165, 1.54) is 6.42 Å². The number of fused-ring (bicyclic) bond motifs is 2. The van der Waals surface area contributed by atoms with Crippen LogP contribution in [0.25, 0.3) is 27.7 Å². The van der Waals surface area contributed by atoms with Crippen LogP contribution in [-0.4, -0.2) is 55.0 Å². The van der Waals surface area contributed by atoms with Crippen LogP contribution >= 0.6 is 0 Å². The fraction of sp³-hybridized carbons (Fsp3) is 0.333. The molecule has 8 heteroatoms. The van der Waals surface area contributed by atoms with Crippen molar-refractivity contribution in [2.75, 3.05) is 25.0 Å². The summed E-state index contributed by atoms with van der Waals surface area (Å²) in [6.45, 7) is 4.43. The lowest BCUT2D eigenvalue weighted by Gasteiger charge is -2.26. The zero-order valence-corrected chi connectivity index (χ0v) is 16.4. The summed E-state index contributed by atoms with van der Waals surface area (Å²) < 4.78 is 1.76. The van der Waals surface area contributed by atoms with Crippen LogP contribution in [-0.2, 0) is 0 Å². The maximum atomic E-state index is 13.0. The Labute approximate surface area is 168 Å². The fourth-order valence-electron chi connectivity index (χ4n) is 3.97. The molecule has 0 saturated carbocycles. The minimum Gasteiger partial charge on any atom is -0.354 e. The molecule has 0 spiro atoms. The Morgan fingerprint density at radius 2 is 2.10 bits per heavy atom. The monoisotopic (exact) mass is 389 g/mol. The molecule has 0 atom stereocenters. The zero-order chi connectivity index (χ0) is 19.8. The van der Waals surface area contributed by atoms with Gasteiger partial charge < -0.3 is 15.2 Å². The van der Waals surface area contributed by atoms with E-state index in [4.69, 9.17) is 0 Å². The van der Waals surface area contributed by atoms with E-state index in [9.17, 15) is 4.79 Å². The summed E-state index contributed by atoms with van der Waals surface area (Å²) in [5, 5.41) is 8.45. The summed E-state index contributed by atoms with van der Waals surface area (Å²) in [5.74, 6) is 0.670. The van der Waals surface area contributed by atoms with Crippen molar-refractivity contribution in [2.45, 2.75) is 26.2 Å². The van der Waals surface area contributed by atoms with Crippen molar-refractivity contribution in [3.05, 3.63) is 42.5 Å². The molecule has 5 heterocycles. The molecule has 0 bridgehead atoms. The van der Waals surface area contributed by atoms with Crippen LogP contribution in [0.5, 0.6) is 0 Å². The molecule has 1 saturated heterocycles. The Bertz CT molecular complexity index is 1190. The van der Waals surface area contributed by atoms with Crippen molar-refractivity contribution in [1.82, 2.24) is 29.5 Å². The molecule has 2 N–H and O–H groups in total. The van der Waals surface area contributed by atoms with Gasteiger partial charge in [-0.15, -0.1) is 0 Å².